The highest BCUT2D eigenvalue weighted by molar-refractivity contribution is 6.03. The van der Waals surface area contributed by atoms with Gasteiger partial charge < -0.3 is 20.1 Å². The highest BCUT2D eigenvalue weighted by Gasteiger charge is 2.07. The van der Waals surface area contributed by atoms with Crippen LogP contribution in [-0.4, -0.2) is 49.3 Å². The van der Waals surface area contributed by atoms with E-state index in [4.69, 9.17) is 4.74 Å². The first kappa shape index (κ1) is 18.2. The van der Waals surface area contributed by atoms with Crippen molar-refractivity contribution >= 4 is 11.6 Å². The van der Waals surface area contributed by atoms with Crippen LogP contribution in [0.15, 0.2) is 35.9 Å². The molecule has 5 heteroatoms. The summed E-state index contributed by atoms with van der Waals surface area (Å²) in [6.45, 7) is 4.58. The fourth-order valence-electron chi connectivity index (χ4n) is 1.93. The molecule has 0 spiro atoms. The number of anilines is 1. The number of benzene rings is 1. The Labute approximate surface area is 132 Å². The molecule has 1 aromatic rings. The Kier molecular flexibility index (Phi) is 7.63. The minimum absolute atomic E-state index is 0.100. The van der Waals surface area contributed by atoms with Crippen molar-refractivity contribution in [3.05, 3.63) is 35.9 Å². The van der Waals surface area contributed by atoms with Crippen molar-refractivity contribution in [2.45, 2.75) is 26.4 Å². The van der Waals surface area contributed by atoms with Gasteiger partial charge in [-0.1, -0.05) is 13.0 Å². The maximum absolute atomic E-state index is 11.9. The number of allylic oxidation sites excluding steroid dienone is 1. The van der Waals surface area contributed by atoms with Crippen LogP contribution in [0.25, 0.3) is 0 Å². The molecule has 1 unspecified atom stereocenters. The van der Waals surface area contributed by atoms with Crippen LogP contribution in [0.3, 0.4) is 0 Å². The van der Waals surface area contributed by atoms with E-state index in [1.807, 2.05) is 32.0 Å². The predicted molar refractivity (Wildman–Crippen MR) is 89.2 cm³/mol. The standard InChI is InChI=1S/C17H26N2O3/c1-5-6-13(2)17(21)18-14-7-9-16(10-8-14)22-12-15(20)11-19(3)4/h6-10,15,20H,5,11-12H2,1-4H3,(H,18,21)/b13-6-. The minimum atomic E-state index is -0.531. The smallest absolute Gasteiger partial charge is 0.250 e. The van der Waals surface area contributed by atoms with Crippen LogP contribution >= 0.6 is 0 Å². The lowest BCUT2D eigenvalue weighted by atomic mass is 10.2. The van der Waals surface area contributed by atoms with Crippen molar-refractivity contribution in [1.29, 1.82) is 0 Å². The largest absolute Gasteiger partial charge is 0.491 e. The van der Waals surface area contributed by atoms with E-state index in [-0.39, 0.29) is 12.5 Å². The van der Waals surface area contributed by atoms with E-state index in [2.05, 4.69) is 5.32 Å². The molecular formula is C17H26N2O3. The van der Waals surface area contributed by atoms with Gasteiger partial charge in [-0.05, 0) is 51.7 Å². The third kappa shape index (κ3) is 6.74. The zero-order valence-electron chi connectivity index (χ0n) is 13.8. The summed E-state index contributed by atoms with van der Waals surface area (Å²) in [5.74, 6) is 0.563. The summed E-state index contributed by atoms with van der Waals surface area (Å²) in [6.07, 6.45) is 2.19. The number of nitrogens with zero attached hydrogens (tertiary/aromatic N) is 1. The van der Waals surface area contributed by atoms with Crippen molar-refractivity contribution < 1.29 is 14.6 Å². The van der Waals surface area contributed by atoms with Crippen molar-refractivity contribution in [1.82, 2.24) is 4.90 Å². The van der Waals surface area contributed by atoms with Crippen LogP contribution in [0.4, 0.5) is 5.69 Å². The molecule has 22 heavy (non-hydrogen) atoms. The van der Waals surface area contributed by atoms with Crippen LogP contribution in [0.5, 0.6) is 5.75 Å². The van der Waals surface area contributed by atoms with Crippen molar-refractivity contribution in [3.8, 4) is 5.75 Å². The second-order valence-electron chi connectivity index (χ2n) is 5.50. The Morgan fingerprint density at radius 1 is 1.36 bits per heavy atom. The Balaban J connectivity index is 2.49. The molecule has 0 radical (unpaired) electrons. The van der Waals surface area contributed by atoms with E-state index in [0.717, 1.165) is 12.1 Å². The van der Waals surface area contributed by atoms with Gasteiger partial charge in [-0.2, -0.15) is 0 Å². The van der Waals surface area contributed by atoms with Crippen LogP contribution in [-0.2, 0) is 4.79 Å². The number of nitrogens with one attached hydrogen (secondary N) is 1. The molecule has 1 atom stereocenters. The second kappa shape index (κ2) is 9.23. The topological polar surface area (TPSA) is 61.8 Å². The second-order valence-corrected chi connectivity index (χ2v) is 5.50. The first-order valence-corrected chi connectivity index (χ1v) is 7.46. The molecule has 0 heterocycles. The molecule has 1 aromatic carbocycles. The molecule has 0 saturated carbocycles. The highest BCUT2D eigenvalue weighted by Crippen LogP contribution is 2.16. The van der Waals surface area contributed by atoms with Crippen LogP contribution < -0.4 is 10.1 Å². The van der Waals surface area contributed by atoms with E-state index < -0.39 is 6.10 Å². The molecule has 122 valence electrons. The lowest BCUT2D eigenvalue weighted by Gasteiger charge is -2.16. The van der Waals surface area contributed by atoms with E-state index in [9.17, 15) is 9.90 Å². The van der Waals surface area contributed by atoms with E-state index in [1.54, 1.807) is 31.2 Å². The van der Waals surface area contributed by atoms with Crippen LogP contribution in [0.1, 0.15) is 20.3 Å². The summed E-state index contributed by atoms with van der Waals surface area (Å²) in [7, 11) is 3.80. The SMILES string of the molecule is CC/C=C(/C)C(=O)Nc1ccc(OCC(O)CN(C)C)cc1. The summed E-state index contributed by atoms with van der Waals surface area (Å²) in [6, 6.07) is 7.11. The third-order valence-corrected chi connectivity index (χ3v) is 3.00. The lowest BCUT2D eigenvalue weighted by molar-refractivity contribution is -0.112. The maximum Gasteiger partial charge on any atom is 0.250 e. The van der Waals surface area contributed by atoms with E-state index in [0.29, 0.717) is 17.9 Å². The number of ether oxygens (including phenoxy) is 1. The van der Waals surface area contributed by atoms with Crippen LogP contribution in [0.2, 0.25) is 0 Å². The normalized spacial score (nSPS) is 13.1. The van der Waals surface area contributed by atoms with Crippen molar-refractivity contribution in [3.63, 3.8) is 0 Å². The number of hydrogen-bond acceptors (Lipinski definition) is 4. The fraction of sp³-hybridized carbons (Fsp3) is 0.471. The summed E-state index contributed by atoms with van der Waals surface area (Å²) >= 11 is 0. The Bertz CT molecular complexity index is 495. The molecule has 0 bridgehead atoms. The lowest BCUT2D eigenvalue weighted by Crippen LogP contribution is -2.30. The van der Waals surface area contributed by atoms with Gasteiger partial charge in [0.25, 0.3) is 5.91 Å². The summed E-state index contributed by atoms with van der Waals surface area (Å²) in [5.41, 5.74) is 1.42. The zero-order valence-corrected chi connectivity index (χ0v) is 13.8. The van der Waals surface area contributed by atoms with Crippen molar-refractivity contribution in [2.24, 2.45) is 0 Å². The number of amides is 1. The monoisotopic (exact) mass is 306 g/mol. The molecular weight excluding hydrogens is 280 g/mol. The molecule has 0 aliphatic carbocycles. The van der Waals surface area contributed by atoms with Gasteiger partial charge in [0.1, 0.15) is 18.5 Å². The first-order valence-electron chi connectivity index (χ1n) is 7.46. The molecule has 5 nitrogen and oxygen atoms in total. The van der Waals surface area contributed by atoms with Gasteiger partial charge in [-0.3, -0.25) is 4.79 Å². The minimum Gasteiger partial charge on any atom is -0.491 e. The molecule has 0 aliphatic rings. The Morgan fingerprint density at radius 2 is 2.00 bits per heavy atom. The van der Waals surface area contributed by atoms with Gasteiger partial charge in [0, 0.05) is 17.8 Å². The number of aliphatic hydroxyl groups excluding tert-OH is 1. The number of hydrogen-bond donors (Lipinski definition) is 2. The number of carbonyl (C=O) groups is 1. The summed E-state index contributed by atoms with van der Waals surface area (Å²) in [5, 5.41) is 12.6. The summed E-state index contributed by atoms with van der Waals surface area (Å²) in [4.78, 5) is 13.8. The molecule has 0 aliphatic heterocycles. The molecule has 1 amide bonds. The van der Waals surface area contributed by atoms with Gasteiger partial charge in [0.05, 0.1) is 0 Å². The van der Waals surface area contributed by atoms with E-state index >= 15 is 0 Å². The average Bonchev–Trinajstić information content (AvgIpc) is 2.46. The van der Waals surface area contributed by atoms with Crippen molar-refractivity contribution in [2.75, 3.05) is 32.6 Å². The van der Waals surface area contributed by atoms with E-state index in [1.165, 1.54) is 0 Å². The fourth-order valence-corrected chi connectivity index (χ4v) is 1.93. The Hall–Kier alpha value is -1.85. The van der Waals surface area contributed by atoms with Gasteiger partial charge in [-0.15, -0.1) is 0 Å². The predicted octanol–water partition coefficient (Wildman–Crippen LogP) is 2.28. The third-order valence-electron chi connectivity index (χ3n) is 3.00. The molecule has 0 aromatic heterocycles. The average molecular weight is 306 g/mol. The first-order chi connectivity index (χ1) is 10.4. The van der Waals surface area contributed by atoms with Gasteiger partial charge in [-0.25, -0.2) is 0 Å². The van der Waals surface area contributed by atoms with Gasteiger partial charge in [0.15, 0.2) is 0 Å². The molecule has 0 saturated heterocycles. The van der Waals surface area contributed by atoms with Gasteiger partial charge >= 0.3 is 0 Å². The maximum atomic E-state index is 11.9. The van der Waals surface area contributed by atoms with Crippen LogP contribution in [0, 0.1) is 0 Å². The molecule has 0 fully saturated rings. The van der Waals surface area contributed by atoms with Gasteiger partial charge in [0.2, 0.25) is 0 Å². The number of carbonyl (C=O) groups excluding carboxylic acids is 1. The number of likely N-dealkylation sites (N-methyl/N-ethyl adjacent to an activating group) is 1. The number of rotatable bonds is 8. The zero-order chi connectivity index (χ0) is 16.5. The molecule has 2 N–H and O–H groups in total. The molecule has 1 rings (SSSR count). The number of aliphatic hydroxyl groups is 1. The quantitative estimate of drug-likeness (QED) is 0.723. The Morgan fingerprint density at radius 3 is 2.55 bits per heavy atom. The summed E-state index contributed by atoms with van der Waals surface area (Å²) < 4.78 is 5.51. The highest BCUT2D eigenvalue weighted by atomic mass is 16.5.